The molecular weight excluding hydrogens is 290 g/mol. The van der Waals surface area contributed by atoms with Crippen molar-refractivity contribution >= 4 is 29.2 Å². The summed E-state index contributed by atoms with van der Waals surface area (Å²) in [4.78, 5) is 23.7. The van der Waals surface area contributed by atoms with Crippen LogP contribution in [-0.2, 0) is 9.59 Å². The maximum atomic E-state index is 12.2. The van der Waals surface area contributed by atoms with Crippen LogP contribution in [0.2, 0.25) is 5.02 Å². The molecule has 0 spiro atoms. The van der Waals surface area contributed by atoms with Gasteiger partial charge in [0.1, 0.15) is 0 Å². The number of hydrogen-bond acceptors (Lipinski definition) is 2. The van der Waals surface area contributed by atoms with Crippen molar-refractivity contribution < 1.29 is 14.7 Å². The Morgan fingerprint density at radius 2 is 1.90 bits per heavy atom. The normalized spacial score (nSPS) is 16.7. The van der Waals surface area contributed by atoms with Gasteiger partial charge < -0.3 is 10.4 Å². The summed E-state index contributed by atoms with van der Waals surface area (Å²) in [5.74, 6) is -1.16. The molecule has 1 aliphatic rings. The third-order valence-electron chi connectivity index (χ3n) is 4.21. The minimum absolute atomic E-state index is 0.00593. The topological polar surface area (TPSA) is 66.4 Å². The van der Waals surface area contributed by atoms with Crippen LogP contribution in [0.15, 0.2) is 12.1 Å². The zero-order valence-corrected chi connectivity index (χ0v) is 13.1. The number of anilines is 1. The Balaban J connectivity index is 2.14. The van der Waals surface area contributed by atoms with Gasteiger partial charge in [-0.15, -0.1) is 0 Å². The van der Waals surface area contributed by atoms with Gasteiger partial charge >= 0.3 is 5.97 Å². The van der Waals surface area contributed by atoms with E-state index in [1.54, 1.807) is 6.07 Å². The van der Waals surface area contributed by atoms with Gasteiger partial charge in [-0.3, -0.25) is 9.59 Å². The van der Waals surface area contributed by atoms with Gasteiger partial charge in [0, 0.05) is 6.42 Å². The van der Waals surface area contributed by atoms with Crippen molar-refractivity contribution in [3.8, 4) is 0 Å². The second-order valence-corrected chi connectivity index (χ2v) is 6.36. The first-order chi connectivity index (χ1) is 9.84. The zero-order valence-electron chi connectivity index (χ0n) is 12.3. The molecule has 1 aromatic rings. The summed E-state index contributed by atoms with van der Waals surface area (Å²) in [7, 11) is 0. The van der Waals surface area contributed by atoms with Gasteiger partial charge in [0.2, 0.25) is 5.91 Å². The van der Waals surface area contributed by atoms with E-state index < -0.39 is 11.4 Å². The molecule has 1 fully saturated rings. The Morgan fingerprint density at radius 1 is 1.29 bits per heavy atom. The van der Waals surface area contributed by atoms with E-state index in [9.17, 15) is 14.7 Å². The standard InChI is InChI=1S/C16H20ClNO3/c1-10-7-11(2)14(12(17)8-10)18-13(19)9-16(15(20)21)5-3-4-6-16/h7-8H,3-6,9H2,1-2H3,(H,18,19)(H,20,21). The average Bonchev–Trinajstić information content (AvgIpc) is 2.83. The van der Waals surface area contributed by atoms with Crippen LogP contribution in [0.4, 0.5) is 5.69 Å². The largest absolute Gasteiger partial charge is 0.481 e. The Morgan fingerprint density at radius 3 is 2.43 bits per heavy atom. The van der Waals surface area contributed by atoms with Crippen molar-refractivity contribution in [1.82, 2.24) is 0 Å². The molecule has 1 amide bonds. The summed E-state index contributed by atoms with van der Waals surface area (Å²) in [5.41, 5.74) is 1.57. The van der Waals surface area contributed by atoms with Crippen LogP contribution in [0.1, 0.15) is 43.2 Å². The number of carboxylic acids is 1. The summed E-state index contributed by atoms with van der Waals surface area (Å²) in [6.45, 7) is 3.81. The summed E-state index contributed by atoms with van der Waals surface area (Å²) in [5, 5.41) is 12.7. The number of aliphatic carboxylic acids is 1. The first-order valence-corrected chi connectivity index (χ1v) is 7.52. The lowest BCUT2D eigenvalue weighted by Crippen LogP contribution is -2.32. The highest BCUT2D eigenvalue weighted by Crippen LogP contribution is 2.41. The SMILES string of the molecule is Cc1cc(C)c(NC(=O)CC2(C(=O)O)CCCC2)c(Cl)c1. The van der Waals surface area contributed by atoms with Gasteiger partial charge in [0.05, 0.1) is 16.1 Å². The number of carbonyl (C=O) groups is 2. The van der Waals surface area contributed by atoms with E-state index in [0.29, 0.717) is 23.6 Å². The van der Waals surface area contributed by atoms with Crippen LogP contribution in [0, 0.1) is 19.3 Å². The lowest BCUT2D eigenvalue weighted by atomic mass is 9.82. The van der Waals surface area contributed by atoms with Crippen molar-refractivity contribution in [2.24, 2.45) is 5.41 Å². The molecule has 4 nitrogen and oxygen atoms in total. The number of nitrogens with one attached hydrogen (secondary N) is 1. The Kier molecular flexibility index (Phi) is 4.57. The lowest BCUT2D eigenvalue weighted by molar-refractivity contribution is -0.150. The second kappa shape index (κ2) is 6.06. The van der Waals surface area contributed by atoms with Gasteiger partial charge in [-0.1, -0.05) is 30.5 Å². The van der Waals surface area contributed by atoms with Gasteiger partial charge in [-0.05, 0) is 43.9 Å². The van der Waals surface area contributed by atoms with Gasteiger partial charge in [-0.2, -0.15) is 0 Å². The molecule has 114 valence electrons. The van der Waals surface area contributed by atoms with E-state index in [0.717, 1.165) is 24.0 Å². The van der Waals surface area contributed by atoms with Gasteiger partial charge in [0.25, 0.3) is 0 Å². The van der Waals surface area contributed by atoms with E-state index in [-0.39, 0.29) is 12.3 Å². The van der Waals surface area contributed by atoms with E-state index in [4.69, 9.17) is 11.6 Å². The maximum absolute atomic E-state index is 12.2. The number of carbonyl (C=O) groups excluding carboxylic acids is 1. The molecule has 0 aliphatic heterocycles. The molecule has 1 aliphatic carbocycles. The van der Waals surface area contributed by atoms with Crippen LogP contribution >= 0.6 is 11.6 Å². The van der Waals surface area contributed by atoms with Crippen LogP contribution < -0.4 is 5.32 Å². The fourth-order valence-electron chi connectivity index (χ4n) is 3.08. The molecule has 0 bridgehead atoms. The molecule has 21 heavy (non-hydrogen) atoms. The summed E-state index contributed by atoms with van der Waals surface area (Å²) < 4.78 is 0. The summed E-state index contributed by atoms with van der Waals surface area (Å²) >= 11 is 6.16. The quantitative estimate of drug-likeness (QED) is 0.885. The molecule has 0 atom stereocenters. The van der Waals surface area contributed by atoms with Crippen LogP contribution in [-0.4, -0.2) is 17.0 Å². The van der Waals surface area contributed by atoms with Crippen LogP contribution in [0.25, 0.3) is 0 Å². The maximum Gasteiger partial charge on any atom is 0.310 e. The number of amides is 1. The molecule has 5 heteroatoms. The highest BCUT2D eigenvalue weighted by atomic mass is 35.5. The number of hydrogen-bond donors (Lipinski definition) is 2. The molecular formula is C16H20ClNO3. The molecule has 2 N–H and O–H groups in total. The molecule has 0 unspecified atom stereocenters. The number of aryl methyl sites for hydroxylation is 2. The monoisotopic (exact) mass is 309 g/mol. The molecule has 0 radical (unpaired) electrons. The van der Waals surface area contributed by atoms with E-state index in [1.165, 1.54) is 0 Å². The Bertz CT molecular complexity index is 554. The van der Waals surface area contributed by atoms with Crippen LogP contribution in [0.3, 0.4) is 0 Å². The molecule has 1 saturated carbocycles. The first kappa shape index (κ1) is 15.8. The minimum atomic E-state index is -0.908. The lowest BCUT2D eigenvalue weighted by Gasteiger charge is -2.23. The Hall–Kier alpha value is -1.55. The molecule has 0 aromatic heterocycles. The zero-order chi connectivity index (χ0) is 15.6. The average molecular weight is 310 g/mol. The summed E-state index contributed by atoms with van der Waals surface area (Å²) in [6.07, 6.45) is 2.87. The number of halogens is 1. The predicted octanol–water partition coefficient (Wildman–Crippen LogP) is 3.93. The molecule has 1 aromatic carbocycles. The van der Waals surface area contributed by atoms with Crippen molar-refractivity contribution in [3.05, 3.63) is 28.3 Å². The van der Waals surface area contributed by atoms with E-state index in [2.05, 4.69) is 5.32 Å². The molecule has 0 saturated heterocycles. The second-order valence-electron chi connectivity index (χ2n) is 5.96. The first-order valence-electron chi connectivity index (χ1n) is 7.14. The minimum Gasteiger partial charge on any atom is -0.481 e. The molecule has 0 heterocycles. The van der Waals surface area contributed by atoms with Crippen molar-refractivity contribution in [2.45, 2.75) is 46.0 Å². The van der Waals surface area contributed by atoms with E-state index >= 15 is 0 Å². The number of benzene rings is 1. The third-order valence-corrected chi connectivity index (χ3v) is 4.51. The van der Waals surface area contributed by atoms with Gasteiger partial charge in [0.15, 0.2) is 0 Å². The molecule has 2 rings (SSSR count). The van der Waals surface area contributed by atoms with Crippen molar-refractivity contribution in [1.29, 1.82) is 0 Å². The number of carboxylic acid groups (broad SMARTS) is 1. The highest BCUT2D eigenvalue weighted by Gasteiger charge is 2.43. The Labute approximate surface area is 129 Å². The summed E-state index contributed by atoms with van der Waals surface area (Å²) in [6, 6.07) is 3.72. The smallest absolute Gasteiger partial charge is 0.310 e. The van der Waals surface area contributed by atoms with Crippen LogP contribution in [0.5, 0.6) is 0 Å². The van der Waals surface area contributed by atoms with Crippen molar-refractivity contribution in [2.75, 3.05) is 5.32 Å². The van der Waals surface area contributed by atoms with Gasteiger partial charge in [-0.25, -0.2) is 0 Å². The highest BCUT2D eigenvalue weighted by molar-refractivity contribution is 6.34. The van der Waals surface area contributed by atoms with E-state index in [1.807, 2.05) is 19.9 Å². The number of rotatable bonds is 4. The van der Waals surface area contributed by atoms with Crippen molar-refractivity contribution in [3.63, 3.8) is 0 Å². The fourth-order valence-corrected chi connectivity index (χ4v) is 3.45. The third kappa shape index (κ3) is 3.38. The predicted molar refractivity (Wildman–Crippen MR) is 82.7 cm³/mol. The fraction of sp³-hybridized carbons (Fsp3) is 0.500.